The van der Waals surface area contributed by atoms with Crippen LogP contribution < -0.4 is 15.8 Å². The monoisotopic (exact) mass is 222 g/mol. The van der Waals surface area contributed by atoms with Gasteiger partial charge in [0, 0.05) is 6.07 Å². The number of amides is 1. The zero-order chi connectivity index (χ0) is 11.8. The van der Waals surface area contributed by atoms with Gasteiger partial charge in [0.15, 0.2) is 0 Å². The number of hydrogen-bond donors (Lipinski definition) is 3. The fourth-order valence-corrected chi connectivity index (χ4v) is 1.35. The number of rotatable bonds is 3. The van der Waals surface area contributed by atoms with Gasteiger partial charge >= 0.3 is 0 Å². The zero-order valence-corrected chi connectivity index (χ0v) is 8.99. The molecule has 1 amide bonds. The highest BCUT2D eigenvalue weighted by molar-refractivity contribution is 6.01. The first-order chi connectivity index (χ1) is 7.55. The number of carbonyl (C=O) groups excluding carboxylic acids is 1. The lowest BCUT2D eigenvalue weighted by atomic mass is 10.2. The van der Waals surface area contributed by atoms with Crippen LogP contribution in [0, 0.1) is 0 Å². The highest BCUT2D eigenvalue weighted by atomic mass is 16.5. The molecule has 2 rings (SSSR count). The Morgan fingerprint density at radius 3 is 2.81 bits per heavy atom. The van der Waals surface area contributed by atoms with Gasteiger partial charge in [-0.05, 0) is 25.0 Å². The molecule has 1 aliphatic carbocycles. The van der Waals surface area contributed by atoms with E-state index in [1.165, 1.54) is 13.2 Å². The lowest BCUT2D eigenvalue weighted by Gasteiger charge is -2.12. The van der Waals surface area contributed by atoms with Crippen molar-refractivity contribution < 1.29 is 14.6 Å². The molecule has 1 aromatic carbocycles. The van der Waals surface area contributed by atoms with Crippen molar-refractivity contribution in [3.63, 3.8) is 0 Å². The maximum absolute atomic E-state index is 11.7. The minimum atomic E-state index is -0.754. The number of benzene rings is 1. The molecule has 0 spiro atoms. The molecule has 16 heavy (non-hydrogen) atoms. The summed E-state index contributed by atoms with van der Waals surface area (Å²) in [4.78, 5) is 11.7. The number of hydrogen-bond acceptors (Lipinski definition) is 4. The number of nitrogens with two attached hydrogens (primary N) is 1. The molecule has 0 aliphatic heterocycles. The van der Waals surface area contributed by atoms with E-state index in [4.69, 9.17) is 10.5 Å². The van der Waals surface area contributed by atoms with E-state index < -0.39 is 5.54 Å². The summed E-state index contributed by atoms with van der Waals surface area (Å²) in [5.74, 6) is 0.296. The summed E-state index contributed by atoms with van der Waals surface area (Å²) < 4.78 is 5.00. The summed E-state index contributed by atoms with van der Waals surface area (Å²) in [6.07, 6.45) is 1.37. The van der Waals surface area contributed by atoms with Crippen LogP contribution in [0.1, 0.15) is 12.8 Å². The number of ether oxygens (including phenoxy) is 1. The van der Waals surface area contributed by atoms with Crippen molar-refractivity contribution in [1.82, 2.24) is 0 Å². The fourth-order valence-electron chi connectivity index (χ4n) is 1.35. The molecule has 1 fully saturated rings. The lowest BCUT2D eigenvalue weighted by molar-refractivity contribution is -0.118. The van der Waals surface area contributed by atoms with Gasteiger partial charge in [0.25, 0.3) is 0 Å². The van der Waals surface area contributed by atoms with Crippen LogP contribution in [0.2, 0.25) is 0 Å². The Morgan fingerprint density at radius 2 is 2.25 bits per heavy atom. The van der Waals surface area contributed by atoms with Gasteiger partial charge in [-0.25, -0.2) is 0 Å². The van der Waals surface area contributed by atoms with E-state index in [1.807, 2.05) is 0 Å². The predicted octanol–water partition coefficient (Wildman–Crippen LogP) is 0.831. The number of carbonyl (C=O) groups is 1. The standard InChI is InChI=1S/C11H14N2O3/c1-16-7-2-3-9(14)8(6-7)13-10(15)11(12)4-5-11/h2-3,6,14H,4-5,12H2,1H3,(H,13,15). The van der Waals surface area contributed by atoms with E-state index in [-0.39, 0.29) is 11.7 Å². The van der Waals surface area contributed by atoms with E-state index >= 15 is 0 Å². The minimum absolute atomic E-state index is 0.00148. The van der Waals surface area contributed by atoms with Crippen LogP contribution in [-0.2, 0) is 4.79 Å². The highest BCUT2D eigenvalue weighted by Crippen LogP contribution is 2.35. The number of aromatic hydroxyl groups is 1. The minimum Gasteiger partial charge on any atom is -0.506 e. The van der Waals surface area contributed by atoms with Crippen LogP contribution in [0.3, 0.4) is 0 Å². The predicted molar refractivity (Wildman–Crippen MR) is 59.4 cm³/mol. The van der Waals surface area contributed by atoms with Crippen molar-refractivity contribution in [2.24, 2.45) is 5.73 Å². The third-order valence-corrected chi connectivity index (χ3v) is 2.69. The van der Waals surface area contributed by atoms with Crippen LogP contribution in [0.5, 0.6) is 11.5 Å². The van der Waals surface area contributed by atoms with Gasteiger partial charge in [-0.2, -0.15) is 0 Å². The maximum atomic E-state index is 11.7. The topological polar surface area (TPSA) is 84.6 Å². The van der Waals surface area contributed by atoms with Crippen molar-refractivity contribution >= 4 is 11.6 Å². The van der Waals surface area contributed by atoms with Crippen LogP contribution >= 0.6 is 0 Å². The summed E-state index contributed by atoms with van der Waals surface area (Å²) >= 11 is 0. The average Bonchev–Trinajstić information content (AvgIpc) is 3.01. The molecule has 0 unspecified atom stereocenters. The second kappa shape index (κ2) is 3.68. The third kappa shape index (κ3) is 1.94. The normalized spacial score (nSPS) is 16.6. The number of phenols is 1. The van der Waals surface area contributed by atoms with Crippen LogP contribution in [-0.4, -0.2) is 23.7 Å². The van der Waals surface area contributed by atoms with Crippen molar-refractivity contribution in [2.45, 2.75) is 18.4 Å². The molecule has 0 aromatic heterocycles. The Balaban J connectivity index is 2.17. The van der Waals surface area contributed by atoms with Gasteiger partial charge in [0.2, 0.25) is 5.91 Å². The van der Waals surface area contributed by atoms with Crippen molar-refractivity contribution in [3.8, 4) is 11.5 Å². The van der Waals surface area contributed by atoms with Crippen molar-refractivity contribution in [2.75, 3.05) is 12.4 Å². The molecule has 0 radical (unpaired) electrons. The molecule has 1 aromatic rings. The Labute approximate surface area is 93.2 Å². The van der Waals surface area contributed by atoms with Crippen molar-refractivity contribution in [3.05, 3.63) is 18.2 Å². The van der Waals surface area contributed by atoms with E-state index in [0.29, 0.717) is 24.3 Å². The SMILES string of the molecule is COc1ccc(O)c(NC(=O)C2(N)CC2)c1. The van der Waals surface area contributed by atoms with E-state index in [0.717, 1.165) is 0 Å². The Kier molecular flexibility index (Phi) is 2.47. The molecule has 1 saturated carbocycles. The van der Waals surface area contributed by atoms with E-state index in [9.17, 15) is 9.90 Å². The molecule has 5 heteroatoms. The number of phenolic OH excluding ortho intramolecular Hbond substituents is 1. The maximum Gasteiger partial charge on any atom is 0.244 e. The average molecular weight is 222 g/mol. The fraction of sp³-hybridized carbons (Fsp3) is 0.364. The number of nitrogens with one attached hydrogen (secondary N) is 1. The molecular formula is C11H14N2O3. The quantitative estimate of drug-likeness (QED) is 0.661. The second-order valence-corrected chi connectivity index (χ2v) is 3.99. The molecule has 86 valence electrons. The van der Waals surface area contributed by atoms with Gasteiger partial charge < -0.3 is 20.9 Å². The molecule has 5 nitrogen and oxygen atoms in total. The third-order valence-electron chi connectivity index (χ3n) is 2.69. The summed E-state index contributed by atoms with van der Waals surface area (Å²) in [5.41, 5.74) is 5.30. The Hall–Kier alpha value is -1.75. The first-order valence-corrected chi connectivity index (χ1v) is 5.02. The van der Waals surface area contributed by atoms with Crippen LogP contribution in [0.15, 0.2) is 18.2 Å². The molecule has 0 atom stereocenters. The van der Waals surface area contributed by atoms with Gasteiger partial charge in [-0.3, -0.25) is 4.79 Å². The molecule has 0 heterocycles. The smallest absolute Gasteiger partial charge is 0.244 e. The molecule has 1 aliphatic rings. The van der Waals surface area contributed by atoms with E-state index in [1.54, 1.807) is 12.1 Å². The molecule has 0 bridgehead atoms. The number of methoxy groups -OCH3 is 1. The first-order valence-electron chi connectivity index (χ1n) is 5.02. The van der Waals surface area contributed by atoms with Gasteiger partial charge in [-0.1, -0.05) is 0 Å². The van der Waals surface area contributed by atoms with Gasteiger partial charge in [-0.15, -0.1) is 0 Å². The van der Waals surface area contributed by atoms with Crippen molar-refractivity contribution in [1.29, 1.82) is 0 Å². The molecular weight excluding hydrogens is 208 g/mol. The zero-order valence-electron chi connectivity index (χ0n) is 8.99. The molecule has 0 saturated heterocycles. The van der Waals surface area contributed by atoms with Crippen LogP contribution in [0.25, 0.3) is 0 Å². The molecule has 4 N–H and O–H groups in total. The summed E-state index contributed by atoms with van der Waals surface area (Å²) in [6.45, 7) is 0. The van der Waals surface area contributed by atoms with E-state index in [2.05, 4.69) is 5.32 Å². The van der Waals surface area contributed by atoms with Crippen LogP contribution in [0.4, 0.5) is 5.69 Å². The second-order valence-electron chi connectivity index (χ2n) is 3.99. The highest BCUT2D eigenvalue weighted by Gasteiger charge is 2.46. The summed E-state index contributed by atoms with van der Waals surface area (Å²) in [6, 6.07) is 4.63. The van der Waals surface area contributed by atoms with Gasteiger partial charge in [0.1, 0.15) is 11.5 Å². The lowest BCUT2D eigenvalue weighted by Crippen LogP contribution is -2.37. The Morgan fingerprint density at radius 1 is 1.56 bits per heavy atom. The largest absolute Gasteiger partial charge is 0.506 e. The summed E-state index contributed by atoms with van der Waals surface area (Å²) in [5, 5.41) is 12.1. The van der Waals surface area contributed by atoms with Gasteiger partial charge in [0.05, 0.1) is 18.3 Å². The number of anilines is 1. The summed E-state index contributed by atoms with van der Waals surface area (Å²) in [7, 11) is 1.52. The first kappa shape index (κ1) is 10.8. The Bertz CT molecular complexity index is 427.